The number of aryl methyl sites for hydroxylation is 1. The minimum Gasteiger partial charge on any atom is -0.481 e. The molecular formula is C13H17N3O3. The van der Waals surface area contributed by atoms with Gasteiger partial charge >= 0.3 is 5.97 Å². The fraction of sp³-hybridized carbons (Fsp3) is 0.615. The number of carbonyl (C=O) groups excluding carboxylic acids is 1. The number of carboxylic acid groups (broad SMARTS) is 1. The van der Waals surface area contributed by atoms with Crippen molar-refractivity contribution in [1.29, 1.82) is 0 Å². The minimum atomic E-state index is -0.842. The first-order valence-corrected chi connectivity index (χ1v) is 6.60. The number of hydrogen-bond acceptors (Lipinski definition) is 3. The summed E-state index contributed by atoms with van der Waals surface area (Å²) in [7, 11) is 1.84. The molecule has 6 nitrogen and oxygen atoms in total. The van der Waals surface area contributed by atoms with E-state index in [2.05, 4.69) is 4.98 Å². The molecule has 2 aliphatic rings. The maximum Gasteiger partial charge on any atom is 0.309 e. The average molecular weight is 263 g/mol. The molecule has 1 saturated carbocycles. The van der Waals surface area contributed by atoms with Crippen LogP contribution in [0.5, 0.6) is 0 Å². The SMILES string of the molecule is Cn1ccnc1[C@@H]1[C@@H](C(=O)O)CCC(=O)N1C1CC1. The van der Waals surface area contributed by atoms with E-state index in [1.807, 2.05) is 11.6 Å². The van der Waals surface area contributed by atoms with E-state index in [1.54, 1.807) is 17.3 Å². The first-order valence-electron chi connectivity index (χ1n) is 6.60. The van der Waals surface area contributed by atoms with Gasteiger partial charge in [-0.25, -0.2) is 4.98 Å². The van der Waals surface area contributed by atoms with Crippen LogP contribution in [0.3, 0.4) is 0 Å². The third kappa shape index (κ3) is 2.01. The van der Waals surface area contributed by atoms with Crippen molar-refractivity contribution in [2.75, 3.05) is 0 Å². The molecule has 1 aromatic heterocycles. The molecule has 0 unspecified atom stereocenters. The van der Waals surface area contributed by atoms with Gasteiger partial charge in [0.1, 0.15) is 11.9 Å². The number of likely N-dealkylation sites (tertiary alicyclic amines) is 1. The summed E-state index contributed by atoms with van der Waals surface area (Å²) < 4.78 is 1.81. The molecule has 1 aliphatic carbocycles. The number of aliphatic carboxylic acids is 1. The molecule has 0 spiro atoms. The van der Waals surface area contributed by atoms with E-state index in [0.29, 0.717) is 18.7 Å². The Bertz CT molecular complexity index is 521. The van der Waals surface area contributed by atoms with Gasteiger partial charge in [0.15, 0.2) is 0 Å². The van der Waals surface area contributed by atoms with Crippen LogP contribution in [0, 0.1) is 5.92 Å². The molecule has 1 amide bonds. The molecule has 2 atom stereocenters. The first kappa shape index (κ1) is 12.2. The van der Waals surface area contributed by atoms with Gasteiger partial charge < -0.3 is 14.6 Å². The summed E-state index contributed by atoms with van der Waals surface area (Å²) in [4.78, 5) is 29.7. The highest BCUT2D eigenvalue weighted by molar-refractivity contribution is 5.82. The molecule has 2 fully saturated rings. The van der Waals surface area contributed by atoms with Gasteiger partial charge in [-0.05, 0) is 19.3 Å². The Morgan fingerprint density at radius 1 is 1.42 bits per heavy atom. The largest absolute Gasteiger partial charge is 0.481 e. The third-order valence-corrected chi connectivity index (χ3v) is 4.02. The number of nitrogens with zero attached hydrogens (tertiary/aromatic N) is 3. The molecule has 0 radical (unpaired) electrons. The van der Waals surface area contributed by atoms with Gasteiger partial charge in [-0.2, -0.15) is 0 Å². The number of rotatable bonds is 3. The van der Waals surface area contributed by atoms with Crippen LogP contribution in [0.15, 0.2) is 12.4 Å². The van der Waals surface area contributed by atoms with E-state index < -0.39 is 17.9 Å². The van der Waals surface area contributed by atoms with Gasteiger partial charge in [0.25, 0.3) is 0 Å². The monoisotopic (exact) mass is 263 g/mol. The highest BCUT2D eigenvalue weighted by Crippen LogP contribution is 2.42. The number of carbonyl (C=O) groups is 2. The third-order valence-electron chi connectivity index (χ3n) is 4.02. The van der Waals surface area contributed by atoms with E-state index >= 15 is 0 Å². The highest BCUT2D eigenvalue weighted by Gasteiger charge is 2.47. The Hall–Kier alpha value is -1.85. The van der Waals surface area contributed by atoms with Crippen LogP contribution in [0.25, 0.3) is 0 Å². The van der Waals surface area contributed by atoms with Crippen molar-refractivity contribution in [2.45, 2.75) is 37.8 Å². The zero-order valence-electron chi connectivity index (χ0n) is 10.8. The Morgan fingerprint density at radius 2 is 2.16 bits per heavy atom. The fourth-order valence-electron chi connectivity index (χ4n) is 2.92. The number of carboxylic acids is 1. The molecule has 19 heavy (non-hydrogen) atoms. The molecule has 102 valence electrons. The maximum absolute atomic E-state index is 12.2. The second-order valence-electron chi connectivity index (χ2n) is 5.36. The number of hydrogen-bond donors (Lipinski definition) is 1. The van der Waals surface area contributed by atoms with Crippen LogP contribution in [0.2, 0.25) is 0 Å². The molecule has 0 bridgehead atoms. The van der Waals surface area contributed by atoms with Crippen molar-refractivity contribution in [1.82, 2.24) is 14.5 Å². The lowest BCUT2D eigenvalue weighted by Gasteiger charge is -2.39. The number of imidazole rings is 1. The zero-order valence-corrected chi connectivity index (χ0v) is 10.8. The molecule has 1 N–H and O–H groups in total. The van der Waals surface area contributed by atoms with Gasteiger partial charge in [0.2, 0.25) is 5.91 Å². The van der Waals surface area contributed by atoms with E-state index in [-0.39, 0.29) is 11.9 Å². The summed E-state index contributed by atoms with van der Waals surface area (Å²) in [6.45, 7) is 0. The lowest BCUT2D eigenvalue weighted by Crippen LogP contribution is -2.47. The van der Waals surface area contributed by atoms with Crippen molar-refractivity contribution < 1.29 is 14.7 Å². The van der Waals surface area contributed by atoms with Crippen molar-refractivity contribution in [2.24, 2.45) is 13.0 Å². The second kappa shape index (κ2) is 4.36. The minimum absolute atomic E-state index is 0.0630. The Labute approximate surface area is 111 Å². The van der Waals surface area contributed by atoms with Gasteiger partial charge in [-0.1, -0.05) is 0 Å². The lowest BCUT2D eigenvalue weighted by atomic mass is 9.88. The lowest BCUT2D eigenvalue weighted by molar-refractivity contribution is -0.153. The smallest absolute Gasteiger partial charge is 0.309 e. The standard InChI is InChI=1S/C13H17N3O3/c1-15-7-6-14-12(15)11-9(13(18)19)4-5-10(17)16(11)8-2-3-8/h6-9,11H,2-5H2,1H3,(H,18,19)/t9-,11-/m0/s1. The van der Waals surface area contributed by atoms with Crippen molar-refractivity contribution in [3.8, 4) is 0 Å². The van der Waals surface area contributed by atoms with E-state index in [1.165, 1.54) is 0 Å². The quantitative estimate of drug-likeness (QED) is 0.880. The molecule has 1 aromatic rings. The Kier molecular flexibility index (Phi) is 2.80. The second-order valence-corrected chi connectivity index (χ2v) is 5.36. The number of amides is 1. The topological polar surface area (TPSA) is 75.4 Å². The predicted molar refractivity (Wildman–Crippen MR) is 66.2 cm³/mol. The summed E-state index contributed by atoms with van der Waals surface area (Å²) in [5, 5.41) is 9.43. The molecule has 3 rings (SSSR count). The highest BCUT2D eigenvalue weighted by atomic mass is 16.4. The van der Waals surface area contributed by atoms with Gasteiger partial charge in [0.05, 0.1) is 5.92 Å². The van der Waals surface area contributed by atoms with Crippen LogP contribution in [-0.2, 0) is 16.6 Å². The summed E-state index contributed by atoms with van der Waals surface area (Å²) in [5.74, 6) is -0.661. The summed E-state index contributed by atoms with van der Waals surface area (Å²) >= 11 is 0. The summed E-state index contributed by atoms with van der Waals surface area (Å²) in [5.41, 5.74) is 0. The molecular weight excluding hydrogens is 246 g/mol. The first-order chi connectivity index (χ1) is 9.09. The molecule has 6 heteroatoms. The summed E-state index contributed by atoms with van der Waals surface area (Å²) in [6, 6.07) is -0.220. The predicted octanol–water partition coefficient (Wildman–Crippen LogP) is 0.947. The van der Waals surface area contributed by atoms with E-state index in [4.69, 9.17) is 0 Å². The normalized spacial score (nSPS) is 27.6. The number of piperidine rings is 1. The molecule has 1 aliphatic heterocycles. The van der Waals surface area contributed by atoms with Gasteiger partial charge in [0, 0.05) is 31.9 Å². The van der Waals surface area contributed by atoms with Gasteiger partial charge in [-0.3, -0.25) is 9.59 Å². The Morgan fingerprint density at radius 3 is 2.68 bits per heavy atom. The van der Waals surface area contributed by atoms with E-state index in [9.17, 15) is 14.7 Å². The van der Waals surface area contributed by atoms with Crippen molar-refractivity contribution >= 4 is 11.9 Å². The Balaban J connectivity index is 2.02. The van der Waals surface area contributed by atoms with E-state index in [0.717, 1.165) is 12.8 Å². The van der Waals surface area contributed by atoms with Crippen molar-refractivity contribution in [3.05, 3.63) is 18.2 Å². The molecule has 2 heterocycles. The fourth-order valence-corrected chi connectivity index (χ4v) is 2.92. The van der Waals surface area contributed by atoms with Crippen LogP contribution in [-0.4, -0.2) is 37.5 Å². The maximum atomic E-state index is 12.2. The number of aromatic nitrogens is 2. The van der Waals surface area contributed by atoms with Crippen LogP contribution < -0.4 is 0 Å². The van der Waals surface area contributed by atoms with Gasteiger partial charge in [-0.15, -0.1) is 0 Å². The van der Waals surface area contributed by atoms with Crippen LogP contribution in [0.1, 0.15) is 37.5 Å². The molecule has 1 saturated heterocycles. The van der Waals surface area contributed by atoms with Crippen LogP contribution >= 0.6 is 0 Å². The zero-order chi connectivity index (χ0) is 13.6. The van der Waals surface area contributed by atoms with Crippen LogP contribution in [0.4, 0.5) is 0 Å². The summed E-state index contributed by atoms with van der Waals surface area (Å²) in [6.07, 6.45) is 6.11. The average Bonchev–Trinajstić information content (AvgIpc) is 3.10. The molecule has 0 aromatic carbocycles. The van der Waals surface area contributed by atoms with Crippen molar-refractivity contribution in [3.63, 3.8) is 0 Å².